The molecular weight excluding hydrogens is 198 g/mol. The van der Waals surface area contributed by atoms with Gasteiger partial charge < -0.3 is 10.0 Å². The number of hydrogen-bond donors (Lipinski definition) is 1. The molecule has 0 aromatic rings. The molecule has 0 aromatic heterocycles. The average Bonchev–Trinajstić information content (AvgIpc) is 2.29. The summed E-state index contributed by atoms with van der Waals surface area (Å²) in [6.07, 6.45) is 5.23. The van der Waals surface area contributed by atoms with Gasteiger partial charge in [-0.15, -0.1) is 0 Å². The van der Waals surface area contributed by atoms with Gasteiger partial charge in [0.05, 0.1) is 5.60 Å². The number of piperidine rings is 1. The van der Waals surface area contributed by atoms with E-state index in [4.69, 9.17) is 0 Å². The molecule has 1 heterocycles. The third kappa shape index (κ3) is 3.46. The molecule has 2 nitrogen and oxygen atoms in total. The molecule has 0 amide bonds. The van der Waals surface area contributed by atoms with Gasteiger partial charge in [-0.3, -0.25) is 0 Å². The van der Waals surface area contributed by atoms with Gasteiger partial charge in [0.1, 0.15) is 0 Å². The van der Waals surface area contributed by atoms with Gasteiger partial charge in [-0.1, -0.05) is 40.5 Å². The van der Waals surface area contributed by atoms with E-state index in [0.717, 1.165) is 38.9 Å². The smallest absolute Gasteiger partial charge is 0.0677 e. The van der Waals surface area contributed by atoms with Gasteiger partial charge in [0.15, 0.2) is 0 Å². The molecule has 1 rings (SSSR count). The molecule has 0 saturated carbocycles. The van der Waals surface area contributed by atoms with Crippen LogP contribution in [0.2, 0.25) is 0 Å². The lowest BCUT2D eigenvalue weighted by Crippen LogP contribution is -2.46. The van der Waals surface area contributed by atoms with Gasteiger partial charge in [0.25, 0.3) is 0 Å². The molecule has 0 aliphatic carbocycles. The van der Waals surface area contributed by atoms with E-state index in [9.17, 15) is 5.11 Å². The fourth-order valence-electron chi connectivity index (χ4n) is 2.76. The second-order valence-electron chi connectivity index (χ2n) is 5.85. The Morgan fingerprint density at radius 1 is 1.12 bits per heavy atom. The van der Waals surface area contributed by atoms with Crippen molar-refractivity contribution in [3.8, 4) is 0 Å². The predicted octanol–water partition coefficient (Wildman–Crippen LogP) is 3.05. The standard InChI is InChI=1S/C14H29NO/c1-5-13(4,6-2)12-14(16)8-10-15(7-3)11-9-14/h16H,5-12H2,1-4H3. The Bertz CT molecular complexity index is 203. The molecule has 0 aromatic carbocycles. The lowest BCUT2D eigenvalue weighted by molar-refractivity contribution is -0.0550. The molecule has 1 aliphatic heterocycles. The van der Waals surface area contributed by atoms with Crippen LogP contribution in [0.25, 0.3) is 0 Å². The minimum absolute atomic E-state index is 0.323. The first-order chi connectivity index (χ1) is 7.47. The van der Waals surface area contributed by atoms with Crippen molar-refractivity contribution in [3.63, 3.8) is 0 Å². The third-order valence-electron chi connectivity index (χ3n) is 4.70. The Labute approximate surface area is 101 Å². The molecule has 0 bridgehead atoms. The van der Waals surface area contributed by atoms with Crippen LogP contribution in [-0.2, 0) is 0 Å². The summed E-state index contributed by atoms with van der Waals surface area (Å²) in [5.74, 6) is 0. The van der Waals surface area contributed by atoms with Crippen molar-refractivity contribution in [2.75, 3.05) is 19.6 Å². The second-order valence-corrected chi connectivity index (χ2v) is 5.85. The highest BCUT2D eigenvalue weighted by molar-refractivity contribution is 4.90. The Hall–Kier alpha value is -0.0800. The van der Waals surface area contributed by atoms with Gasteiger partial charge in [0.2, 0.25) is 0 Å². The van der Waals surface area contributed by atoms with Crippen molar-refractivity contribution in [3.05, 3.63) is 0 Å². The van der Waals surface area contributed by atoms with E-state index in [-0.39, 0.29) is 0 Å². The summed E-state index contributed by atoms with van der Waals surface area (Å²) >= 11 is 0. The predicted molar refractivity (Wildman–Crippen MR) is 69.6 cm³/mol. The summed E-state index contributed by atoms with van der Waals surface area (Å²) in [7, 11) is 0. The van der Waals surface area contributed by atoms with Crippen molar-refractivity contribution in [1.29, 1.82) is 0 Å². The van der Waals surface area contributed by atoms with Crippen LogP contribution in [-0.4, -0.2) is 35.2 Å². The number of aliphatic hydroxyl groups is 1. The van der Waals surface area contributed by atoms with Gasteiger partial charge in [-0.05, 0) is 31.2 Å². The van der Waals surface area contributed by atoms with Crippen LogP contribution in [0.15, 0.2) is 0 Å². The van der Waals surface area contributed by atoms with Crippen LogP contribution < -0.4 is 0 Å². The average molecular weight is 227 g/mol. The van der Waals surface area contributed by atoms with E-state index in [0.29, 0.717) is 5.41 Å². The van der Waals surface area contributed by atoms with Crippen LogP contribution in [0.3, 0.4) is 0 Å². The van der Waals surface area contributed by atoms with Crippen LogP contribution in [0, 0.1) is 5.41 Å². The van der Waals surface area contributed by atoms with E-state index in [1.165, 1.54) is 12.8 Å². The largest absolute Gasteiger partial charge is 0.390 e. The summed E-state index contributed by atoms with van der Waals surface area (Å²) in [4.78, 5) is 2.43. The van der Waals surface area contributed by atoms with Gasteiger partial charge >= 0.3 is 0 Å². The number of nitrogens with zero attached hydrogens (tertiary/aromatic N) is 1. The molecule has 1 aliphatic rings. The Kier molecular flexibility index (Phi) is 4.81. The van der Waals surface area contributed by atoms with Crippen molar-refractivity contribution in [2.45, 2.75) is 65.4 Å². The van der Waals surface area contributed by atoms with E-state index in [1.807, 2.05) is 0 Å². The number of likely N-dealkylation sites (tertiary alicyclic amines) is 1. The zero-order valence-corrected chi connectivity index (χ0v) is 11.6. The lowest BCUT2D eigenvalue weighted by Gasteiger charge is -2.43. The second kappa shape index (κ2) is 5.50. The summed E-state index contributed by atoms with van der Waals surface area (Å²) in [5.41, 5.74) is -0.0738. The number of hydrogen-bond acceptors (Lipinski definition) is 2. The molecule has 1 N–H and O–H groups in total. The summed E-state index contributed by atoms with van der Waals surface area (Å²) in [6, 6.07) is 0. The first-order valence-electron chi connectivity index (χ1n) is 6.91. The molecular formula is C14H29NO. The van der Waals surface area contributed by atoms with Crippen molar-refractivity contribution >= 4 is 0 Å². The zero-order chi connectivity index (χ0) is 12.2. The maximum Gasteiger partial charge on any atom is 0.0677 e. The zero-order valence-electron chi connectivity index (χ0n) is 11.6. The molecule has 1 saturated heterocycles. The SMILES string of the molecule is CCN1CCC(O)(CC(C)(CC)CC)CC1. The molecule has 16 heavy (non-hydrogen) atoms. The normalized spacial score (nSPS) is 22.3. The maximum atomic E-state index is 10.7. The third-order valence-corrected chi connectivity index (χ3v) is 4.70. The highest BCUT2D eigenvalue weighted by atomic mass is 16.3. The van der Waals surface area contributed by atoms with Gasteiger partial charge in [0, 0.05) is 13.1 Å². The Balaban J connectivity index is 2.53. The summed E-state index contributed by atoms with van der Waals surface area (Å²) in [5, 5.41) is 10.7. The highest BCUT2D eigenvalue weighted by Crippen LogP contribution is 2.39. The molecule has 0 unspecified atom stereocenters. The Morgan fingerprint density at radius 3 is 2.00 bits per heavy atom. The van der Waals surface area contributed by atoms with E-state index in [2.05, 4.69) is 32.6 Å². The lowest BCUT2D eigenvalue weighted by atomic mass is 9.72. The van der Waals surface area contributed by atoms with Crippen LogP contribution in [0.5, 0.6) is 0 Å². The van der Waals surface area contributed by atoms with Crippen molar-refractivity contribution < 1.29 is 5.11 Å². The van der Waals surface area contributed by atoms with Crippen molar-refractivity contribution in [2.24, 2.45) is 5.41 Å². The van der Waals surface area contributed by atoms with E-state index >= 15 is 0 Å². The Morgan fingerprint density at radius 2 is 1.62 bits per heavy atom. The fraction of sp³-hybridized carbons (Fsp3) is 1.00. The minimum atomic E-state index is -0.396. The molecule has 0 radical (unpaired) electrons. The molecule has 0 atom stereocenters. The summed E-state index contributed by atoms with van der Waals surface area (Å²) in [6.45, 7) is 12.3. The maximum absolute atomic E-state index is 10.7. The van der Waals surface area contributed by atoms with Gasteiger partial charge in [-0.2, -0.15) is 0 Å². The van der Waals surface area contributed by atoms with Crippen LogP contribution in [0.1, 0.15) is 59.8 Å². The van der Waals surface area contributed by atoms with Gasteiger partial charge in [-0.25, -0.2) is 0 Å². The monoisotopic (exact) mass is 227 g/mol. The molecule has 0 spiro atoms. The molecule has 96 valence electrons. The van der Waals surface area contributed by atoms with Crippen LogP contribution >= 0.6 is 0 Å². The topological polar surface area (TPSA) is 23.5 Å². The van der Waals surface area contributed by atoms with E-state index < -0.39 is 5.60 Å². The molecule has 2 heteroatoms. The minimum Gasteiger partial charge on any atom is -0.390 e. The first-order valence-corrected chi connectivity index (χ1v) is 6.91. The summed E-state index contributed by atoms with van der Waals surface area (Å²) < 4.78 is 0. The molecule has 1 fully saturated rings. The van der Waals surface area contributed by atoms with Crippen LogP contribution in [0.4, 0.5) is 0 Å². The van der Waals surface area contributed by atoms with Crippen molar-refractivity contribution in [1.82, 2.24) is 4.90 Å². The quantitative estimate of drug-likeness (QED) is 0.780. The fourth-order valence-corrected chi connectivity index (χ4v) is 2.76. The number of rotatable bonds is 5. The first kappa shape index (κ1) is 14.0. The highest BCUT2D eigenvalue weighted by Gasteiger charge is 2.37. The van der Waals surface area contributed by atoms with E-state index in [1.54, 1.807) is 0 Å².